The number of rotatable bonds is 4. The van der Waals surface area contributed by atoms with E-state index in [1.165, 1.54) is 6.42 Å². The summed E-state index contributed by atoms with van der Waals surface area (Å²) in [6.07, 6.45) is 2.97. The van der Waals surface area contributed by atoms with Crippen molar-refractivity contribution >= 4 is 22.8 Å². The van der Waals surface area contributed by atoms with Gasteiger partial charge in [-0.2, -0.15) is 20.1 Å². The molecule has 2 aromatic heterocycles. The van der Waals surface area contributed by atoms with Gasteiger partial charge in [-0.3, -0.25) is 5.10 Å². The minimum atomic E-state index is 0.218. The van der Waals surface area contributed by atoms with Gasteiger partial charge in [0.25, 0.3) is 0 Å². The highest BCUT2D eigenvalue weighted by Gasteiger charge is 2.19. The number of hydrogen-bond acceptors (Lipinski definition) is 7. The first-order valence-electron chi connectivity index (χ1n) is 8.05. The van der Waals surface area contributed by atoms with Gasteiger partial charge in [-0.05, 0) is 32.0 Å². The first-order valence-corrected chi connectivity index (χ1v) is 8.05. The lowest BCUT2D eigenvalue weighted by atomic mass is 10.1. The maximum Gasteiger partial charge on any atom is 0.228 e. The lowest BCUT2D eigenvalue weighted by Gasteiger charge is -2.12. The Hall–Kier alpha value is -2.74. The van der Waals surface area contributed by atoms with Crippen molar-refractivity contribution in [3.8, 4) is 11.4 Å². The predicted octanol–water partition coefficient (Wildman–Crippen LogP) is 1.36. The highest BCUT2D eigenvalue weighted by molar-refractivity contribution is 5.82. The number of nitrogen functional groups attached to an aromatic ring is 1. The SMILES string of the molecule is CN1CCC(CNc2nc(N)nc(-c3ccc4cn[nH]c4c3)n2)C1. The maximum absolute atomic E-state index is 5.86. The van der Waals surface area contributed by atoms with E-state index >= 15 is 0 Å². The van der Waals surface area contributed by atoms with Crippen LogP contribution in [0.4, 0.5) is 11.9 Å². The number of nitrogens with one attached hydrogen (secondary N) is 2. The molecule has 8 nitrogen and oxygen atoms in total. The van der Waals surface area contributed by atoms with E-state index in [1.807, 2.05) is 18.2 Å². The second-order valence-electron chi connectivity index (χ2n) is 6.31. The number of aromatic amines is 1. The maximum atomic E-state index is 5.86. The number of nitrogens with zero attached hydrogens (tertiary/aromatic N) is 5. The van der Waals surface area contributed by atoms with Crippen LogP contribution in [0.5, 0.6) is 0 Å². The number of hydrogen-bond donors (Lipinski definition) is 3. The first kappa shape index (κ1) is 14.8. The summed E-state index contributed by atoms with van der Waals surface area (Å²) in [6, 6.07) is 5.91. The normalized spacial score (nSPS) is 18.3. The van der Waals surface area contributed by atoms with Crippen molar-refractivity contribution in [1.29, 1.82) is 0 Å². The van der Waals surface area contributed by atoms with E-state index in [9.17, 15) is 0 Å². The van der Waals surface area contributed by atoms with Gasteiger partial charge < -0.3 is 16.0 Å². The van der Waals surface area contributed by atoms with Gasteiger partial charge in [-0.15, -0.1) is 0 Å². The third-order valence-corrected chi connectivity index (χ3v) is 4.39. The molecular weight excluding hydrogens is 304 g/mol. The average Bonchev–Trinajstić information content (AvgIpc) is 3.20. The van der Waals surface area contributed by atoms with Gasteiger partial charge in [0.15, 0.2) is 5.82 Å². The Bertz CT molecular complexity index is 858. The minimum absolute atomic E-state index is 0.218. The largest absolute Gasteiger partial charge is 0.368 e. The van der Waals surface area contributed by atoms with Crippen LogP contribution in [0.3, 0.4) is 0 Å². The summed E-state index contributed by atoms with van der Waals surface area (Å²) in [7, 11) is 2.14. The fraction of sp³-hybridized carbons (Fsp3) is 0.375. The molecule has 0 radical (unpaired) electrons. The van der Waals surface area contributed by atoms with Crippen LogP contribution in [-0.2, 0) is 0 Å². The second kappa shape index (κ2) is 6.04. The number of benzene rings is 1. The molecule has 1 saturated heterocycles. The molecule has 1 fully saturated rings. The average molecular weight is 324 g/mol. The van der Waals surface area contributed by atoms with Crippen LogP contribution in [-0.4, -0.2) is 56.7 Å². The quantitative estimate of drug-likeness (QED) is 0.665. The molecule has 1 atom stereocenters. The number of likely N-dealkylation sites (tertiary alicyclic amines) is 1. The minimum Gasteiger partial charge on any atom is -0.368 e. The van der Waals surface area contributed by atoms with Gasteiger partial charge >= 0.3 is 0 Å². The number of nitrogens with two attached hydrogens (primary N) is 1. The van der Waals surface area contributed by atoms with Crippen molar-refractivity contribution in [2.24, 2.45) is 5.92 Å². The van der Waals surface area contributed by atoms with Gasteiger partial charge in [-0.25, -0.2) is 0 Å². The summed E-state index contributed by atoms with van der Waals surface area (Å²) >= 11 is 0. The monoisotopic (exact) mass is 324 g/mol. The third kappa shape index (κ3) is 3.00. The zero-order valence-corrected chi connectivity index (χ0v) is 13.5. The van der Waals surface area contributed by atoms with E-state index in [1.54, 1.807) is 6.20 Å². The summed E-state index contributed by atoms with van der Waals surface area (Å²) in [5.41, 5.74) is 7.68. The zero-order chi connectivity index (χ0) is 16.5. The molecule has 0 amide bonds. The smallest absolute Gasteiger partial charge is 0.228 e. The Labute approximate surface area is 139 Å². The van der Waals surface area contributed by atoms with Crippen molar-refractivity contribution in [2.45, 2.75) is 6.42 Å². The van der Waals surface area contributed by atoms with Crippen molar-refractivity contribution in [2.75, 3.05) is 37.7 Å². The molecule has 1 unspecified atom stereocenters. The summed E-state index contributed by atoms with van der Waals surface area (Å²) in [5.74, 6) is 1.91. The van der Waals surface area contributed by atoms with E-state index in [4.69, 9.17) is 5.73 Å². The molecule has 4 N–H and O–H groups in total. The number of H-pyrrole nitrogens is 1. The topological polar surface area (TPSA) is 109 Å². The van der Waals surface area contributed by atoms with E-state index in [0.29, 0.717) is 17.7 Å². The summed E-state index contributed by atoms with van der Waals surface area (Å²) in [6.45, 7) is 3.07. The molecule has 3 aromatic rings. The van der Waals surface area contributed by atoms with E-state index < -0.39 is 0 Å². The summed E-state index contributed by atoms with van der Waals surface area (Å²) in [5, 5.41) is 11.3. The molecule has 124 valence electrons. The van der Waals surface area contributed by atoms with Crippen LogP contribution in [0.2, 0.25) is 0 Å². The molecule has 1 aliphatic rings. The Morgan fingerprint density at radius 3 is 3.08 bits per heavy atom. The Morgan fingerprint density at radius 2 is 2.25 bits per heavy atom. The Morgan fingerprint density at radius 1 is 1.33 bits per heavy atom. The molecule has 4 rings (SSSR count). The molecular formula is C16H20N8. The van der Waals surface area contributed by atoms with Gasteiger partial charge in [0.2, 0.25) is 11.9 Å². The molecule has 0 bridgehead atoms. The Balaban J connectivity index is 1.56. The van der Waals surface area contributed by atoms with Crippen LogP contribution < -0.4 is 11.1 Å². The molecule has 1 aliphatic heterocycles. The van der Waals surface area contributed by atoms with E-state index in [-0.39, 0.29) is 5.95 Å². The first-order chi connectivity index (χ1) is 11.7. The fourth-order valence-corrected chi connectivity index (χ4v) is 3.11. The second-order valence-corrected chi connectivity index (χ2v) is 6.31. The summed E-state index contributed by atoms with van der Waals surface area (Å²) in [4.78, 5) is 15.3. The van der Waals surface area contributed by atoms with Crippen LogP contribution in [0.25, 0.3) is 22.3 Å². The molecule has 1 aromatic carbocycles. The van der Waals surface area contributed by atoms with Crippen molar-refractivity contribution in [3.05, 3.63) is 24.4 Å². The highest BCUT2D eigenvalue weighted by atomic mass is 15.2. The lowest BCUT2D eigenvalue weighted by molar-refractivity contribution is 0.399. The molecule has 24 heavy (non-hydrogen) atoms. The van der Waals surface area contributed by atoms with Gasteiger partial charge in [0.1, 0.15) is 0 Å². The van der Waals surface area contributed by atoms with Gasteiger partial charge in [0, 0.05) is 24.0 Å². The molecule has 3 heterocycles. The van der Waals surface area contributed by atoms with Crippen molar-refractivity contribution < 1.29 is 0 Å². The van der Waals surface area contributed by atoms with Gasteiger partial charge in [0.05, 0.1) is 11.7 Å². The molecule has 0 saturated carbocycles. The fourth-order valence-electron chi connectivity index (χ4n) is 3.11. The number of fused-ring (bicyclic) bond motifs is 1. The summed E-state index contributed by atoms with van der Waals surface area (Å²) < 4.78 is 0. The lowest BCUT2D eigenvalue weighted by Crippen LogP contribution is -2.20. The van der Waals surface area contributed by atoms with Crippen LogP contribution in [0.1, 0.15) is 6.42 Å². The predicted molar refractivity (Wildman–Crippen MR) is 93.4 cm³/mol. The van der Waals surface area contributed by atoms with Crippen molar-refractivity contribution in [3.63, 3.8) is 0 Å². The standard InChI is InChI=1S/C16H20N8/c1-24-5-4-10(9-24)7-18-16-21-14(20-15(17)22-16)11-2-3-12-8-19-23-13(12)6-11/h2-3,6,8,10H,4-5,7,9H2,1H3,(H,19,23)(H3,17,18,20,21,22). The highest BCUT2D eigenvalue weighted by Crippen LogP contribution is 2.22. The van der Waals surface area contributed by atoms with Crippen molar-refractivity contribution in [1.82, 2.24) is 30.0 Å². The van der Waals surface area contributed by atoms with E-state index in [2.05, 4.69) is 42.4 Å². The zero-order valence-electron chi connectivity index (χ0n) is 13.5. The Kier molecular flexibility index (Phi) is 3.73. The number of anilines is 2. The molecule has 0 aliphatic carbocycles. The van der Waals surface area contributed by atoms with Gasteiger partial charge in [-0.1, -0.05) is 12.1 Å². The van der Waals surface area contributed by atoms with Crippen LogP contribution >= 0.6 is 0 Å². The van der Waals surface area contributed by atoms with Crippen LogP contribution in [0.15, 0.2) is 24.4 Å². The number of aromatic nitrogens is 5. The van der Waals surface area contributed by atoms with E-state index in [0.717, 1.165) is 36.1 Å². The third-order valence-electron chi connectivity index (χ3n) is 4.39. The molecule has 0 spiro atoms. The van der Waals surface area contributed by atoms with Crippen LogP contribution in [0, 0.1) is 5.92 Å². The molecule has 8 heteroatoms.